The van der Waals surface area contributed by atoms with Crippen molar-refractivity contribution in [2.75, 3.05) is 24.2 Å². The third-order valence-electron chi connectivity index (χ3n) is 4.81. The van der Waals surface area contributed by atoms with Gasteiger partial charge >= 0.3 is 0 Å². The van der Waals surface area contributed by atoms with Crippen molar-refractivity contribution in [1.82, 2.24) is 15.3 Å². The topological polar surface area (TPSA) is 102 Å². The summed E-state index contributed by atoms with van der Waals surface area (Å²) in [5.74, 6) is 0.318. The Bertz CT molecular complexity index is 1070. The number of fused-ring (bicyclic) bond motifs is 9. The third-order valence-corrected chi connectivity index (χ3v) is 5.58. The fraction of sp³-hybridized carbons (Fsp3) is 0.227. The second-order valence-corrected chi connectivity index (χ2v) is 7.87. The molecule has 1 amide bonds. The highest BCUT2D eigenvalue weighted by atomic mass is 79.9. The summed E-state index contributed by atoms with van der Waals surface area (Å²) in [7, 11) is 0. The van der Waals surface area contributed by atoms with Crippen LogP contribution < -0.4 is 16.4 Å². The van der Waals surface area contributed by atoms with Gasteiger partial charge in [0.15, 0.2) is 0 Å². The van der Waals surface area contributed by atoms with E-state index in [1.807, 2.05) is 24.3 Å². The molecule has 0 aliphatic carbocycles. The van der Waals surface area contributed by atoms with Crippen LogP contribution in [0.3, 0.4) is 0 Å². The van der Waals surface area contributed by atoms with E-state index in [0.29, 0.717) is 42.7 Å². The molecule has 0 saturated carbocycles. The van der Waals surface area contributed by atoms with E-state index in [9.17, 15) is 4.79 Å². The van der Waals surface area contributed by atoms with Gasteiger partial charge in [-0.15, -0.1) is 0 Å². The molecular formula is C22H22BrN5O2. The molecule has 7 nitrogen and oxygen atoms in total. The zero-order valence-electron chi connectivity index (χ0n) is 16.3. The van der Waals surface area contributed by atoms with Gasteiger partial charge in [0.25, 0.3) is 5.91 Å². The van der Waals surface area contributed by atoms with Crippen LogP contribution in [0.4, 0.5) is 17.3 Å². The van der Waals surface area contributed by atoms with Crippen LogP contribution in [0, 0.1) is 0 Å². The monoisotopic (exact) mass is 467 g/mol. The van der Waals surface area contributed by atoms with E-state index in [4.69, 9.17) is 10.5 Å². The lowest BCUT2D eigenvalue weighted by Gasteiger charge is -2.11. The van der Waals surface area contributed by atoms with Gasteiger partial charge in [0.1, 0.15) is 0 Å². The first-order chi connectivity index (χ1) is 14.6. The Morgan fingerprint density at radius 2 is 2.00 bits per heavy atom. The number of halogens is 1. The number of aromatic nitrogens is 2. The largest absolute Gasteiger partial charge is 0.398 e. The van der Waals surface area contributed by atoms with Crippen molar-refractivity contribution in [1.29, 1.82) is 0 Å². The number of nitrogens with one attached hydrogen (secondary N) is 2. The number of rotatable bonds is 0. The highest BCUT2D eigenvalue weighted by Gasteiger charge is 2.12. The van der Waals surface area contributed by atoms with Crippen molar-refractivity contribution in [3.63, 3.8) is 0 Å². The van der Waals surface area contributed by atoms with Crippen LogP contribution in [-0.2, 0) is 11.3 Å². The van der Waals surface area contributed by atoms with E-state index in [0.717, 1.165) is 34.1 Å². The minimum absolute atomic E-state index is 0.142. The Hall–Kier alpha value is -2.97. The average Bonchev–Trinajstić information content (AvgIpc) is 2.74. The van der Waals surface area contributed by atoms with E-state index in [1.54, 1.807) is 24.4 Å². The molecule has 1 aromatic heterocycles. The van der Waals surface area contributed by atoms with Crippen LogP contribution in [0.5, 0.6) is 0 Å². The maximum atomic E-state index is 12.4. The average molecular weight is 468 g/mol. The molecule has 0 atom stereocenters. The molecule has 2 aliphatic rings. The number of carbonyl (C=O) groups is 1. The van der Waals surface area contributed by atoms with E-state index in [2.05, 4.69) is 36.5 Å². The molecule has 154 valence electrons. The van der Waals surface area contributed by atoms with Crippen molar-refractivity contribution in [2.24, 2.45) is 0 Å². The Morgan fingerprint density at radius 1 is 1.10 bits per heavy atom. The summed E-state index contributed by atoms with van der Waals surface area (Å²) in [5.41, 5.74) is 10.6. The molecule has 2 aromatic carbocycles. The first kappa shape index (κ1) is 20.3. The second-order valence-electron chi connectivity index (χ2n) is 7.01. The lowest BCUT2D eigenvalue weighted by atomic mass is 10.1. The first-order valence-corrected chi connectivity index (χ1v) is 10.5. The van der Waals surface area contributed by atoms with Gasteiger partial charge < -0.3 is 21.1 Å². The maximum Gasteiger partial charge on any atom is 0.251 e. The van der Waals surface area contributed by atoms with Crippen molar-refractivity contribution in [3.8, 4) is 11.3 Å². The van der Waals surface area contributed by atoms with E-state index < -0.39 is 0 Å². The number of hydrogen-bond acceptors (Lipinski definition) is 6. The fourth-order valence-electron chi connectivity index (χ4n) is 3.21. The predicted molar refractivity (Wildman–Crippen MR) is 121 cm³/mol. The molecule has 4 N–H and O–H groups in total. The van der Waals surface area contributed by atoms with Crippen LogP contribution in [0.15, 0.2) is 53.1 Å². The van der Waals surface area contributed by atoms with Gasteiger partial charge in [0.2, 0.25) is 5.95 Å². The highest BCUT2D eigenvalue weighted by molar-refractivity contribution is 9.10. The van der Waals surface area contributed by atoms with E-state index in [-0.39, 0.29) is 5.91 Å². The summed E-state index contributed by atoms with van der Waals surface area (Å²) in [6.07, 6.45) is 3.37. The number of ether oxygens (including phenoxy) is 1. The van der Waals surface area contributed by atoms with Gasteiger partial charge in [-0.25, -0.2) is 9.97 Å². The lowest BCUT2D eigenvalue weighted by molar-refractivity contribution is 0.0946. The van der Waals surface area contributed by atoms with Crippen molar-refractivity contribution >= 4 is 39.2 Å². The molecule has 2 aliphatic heterocycles. The van der Waals surface area contributed by atoms with Crippen molar-refractivity contribution in [2.45, 2.75) is 19.4 Å². The van der Waals surface area contributed by atoms with Crippen LogP contribution in [0.25, 0.3) is 11.3 Å². The first-order valence-electron chi connectivity index (χ1n) is 9.74. The summed E-state index contributed by atoms with van der Waals surface area (Å²) in [6.45, 7) is 1.69. The zero-order valence-corrected chi connectivity index (χ0v) is 17.9. The molecule has 3 heterocycles. The van der Waals surface area contributed by atoms with Crippen molar-refractivity contribution < 1.29 is 9.53 Å². The molecule has 0 spiro atoms. The van der Waals surface area contributed by atoms with E-state index >= 15 is 0 Å². The van der Waals surface area contributed by atoms with Crippen LogP contribution >= 0.6 is 15.9 Å². The molecule has 3 aromatic rings. The SMILES string of the molecule is Nc1cc2ccc1-c1ccnc(n1)Nc1ccc(Br)c(c1)COCCCCNC2=O. The van der Waals surface area contributed by atoms with Gasteiger partial charge in [-0.2, -0.15) is 0 Å². The molecule has 0 unspecified atom stereocenters. The smallest absolute Gasteiger partial charge is 0.251 e. The number of amides is 1. The summed E-state index contributed by atoms with van der Waals surface area (Å²) >= 11 is 3.57. The Kier molecular flexibility index (Phi) is 6.25. The Labute approximate surface area is 183 Å². The Morgan fingerprint density at radius 3 is 2.87 bits per heavy atom. The van der Waals surface area contributed by atoms with Crippen LogP contribution in [0.2, 0.25) is 0 Å². The van der Waals surface area contributed by atoms with Gasteiger partial charge in [0, 0.05) is 46.3 Å². The van der Waals surface area contributed by atoms with Gasteiger partial charge in [-0.3, -0.25) is 4.79 Å². The molecule has 0 saturated heterocycles. The number of nitrogen functional groups attached to an aromatic ring is 1. The number of nitrogens with zero attached hydrogens (tertiary/aromatic N) is 2. The summed E-state index contributed by atoms with van der Waals surface area (Å²) < 4.78 is 6.79. The predicted octanol–water partition coefficient (Wildman–Crippen LogP) is 4.27. The molecular weight excluding hydrogens is 446 g/mol. The highest BCUT2D eigenvalue weighted by Crippen LogP contribution is 2.27. The standard InChI is InChI=1S/C22H22BrN5O2/c23-18-6-4-16-11-15(18)13-30-10-2-1-8-25-21(29)14-3-5-17(19(24)12-14)20-7-9-26-22(27-16)28-20/h3-7,9,11-12H,1-2,8,10,13,24H2,(H,25,29)(H,26,27,28). The molecule has 8 heteroatoms. The van der Waals surface area contributed by atoms with Crippen LogP contribution in [-0.4, -0.2) is 29.0 Å². The number of benzene rings is 2. The number of carbonyl (C=O) groups excluding carboxylic acids is 1. The zero-order chi connectivity index (χ0) is 20.9. The normalized spacial score (nSPS) is 14.8. The molecule has 5 rings (SSSR count). The maximum absolute atomic E-state index is 12.4. The third kappa shape index (κ3) is 4.77. The molecule has 30 heavy (non-hydrogen) atoms. The Balaban J connectivity index is 1.69. The minimum atomic E-state index is -0.142. The van der Waals surface area contributed by atoms with Gasteiger partial charge in [-0.05, 0) is 60.9 Å². The quantitative estimate of drug-likeness (QED) is 0.426. The summed E-state index contributed by atoms with van der Waals surface area (Å²) in [5, 5.41) is 6.17. The van der Waals surface area contributed by atoms with Gasteiger partial charge in [-0.1, -0.05) is 15.9 Å². The van der Waals surface area contributed by atoms with Crippen LogP contribution in [0.1, 0.15) is 28.8 Å². The fourth-order valence-corrected chi connectivity index (χ4v) is 3.57. The molecule has 0 radical (unpaired) electrons. The number of hydrogen-bond donors (Lipinski definition) is 3. The van der Waals surface area contributed by atoms with Crippen molar-refractivity contribution in [3.05, 3.63) is 64.3 Å². The molecule has 0 fully saturated rings. The van der Waals surface area contributed by atoms with Gasteiger partial charge in [0.05, 0.1) is 12.3 Å². The summed E-state index contributed by atoms with van der Waals surface area (Å²) in [4.78, 5) is 21.3. The molecule has 6 bridgehead atoms. The van der Waals surface area contributed by atoms with E-state index in [1.165, 1.54) is 0 Å². The number of anilines is 3. The summed E-state index contributed by atoms with van der Waals surface area (Å²) in [6, 6.07) is 13.0. The lowest BCUT2D eigenvalue weighted by Crippen LogP contribution is -2.24. The number of nitrogens with two attached hydrogens (primary N) is 1. The second kappa shape index (κ2) is 9.23. The minimum Gasteiger partial charge on any atom is -0.398 e.